The van der Waals surface area contributed by atoms with E-state index in [-0.39, 0.29) is 0 Å². The Balaban J connectivity index is 1.78. The number of hydrogen-bond acceptors (Lipinski definition) is 3. The average Bonchev–Trinajstić information content (AvgIpc) is 2.78. The van der Waals surface area contributed by atoms with Crippen molar-refractivity contribution in [3.8, 4) is 0 Å². The number of nitrogens with two attached hydrogens (primary N) is 1. The third kappa shape index (κ3) is 2.74. The fourth-order valence-corrected chi connectivity index (χ4v) is 2.83. The van der Waals surface area contributed by atoms with Gasteiger partial charge in [0.05, 0.1) is 5.69 Å². The molecule has 2 aromatic heterocycles. The fourth-order valence-electron chi connectivity index (χ4n) is 1.99. The molecule has 0 amide bonds. The van der Waals surface area contributed by atoms with E-state index in [0.717, 1.165) is 22.8 Å². The minimum Gasteiger partial charge on any atom is -0.399 e. The summed E-state index contributed by atoms with van der Waals surface area (Å²) in [4.78, 5) is 5.78. The van der Waals surface area contributed by atoms with E-state index in [1.807, 2.05) is 24.3 Å². The van der Waals surface area contributed by atoms with E-state index in [4.69, 9.17) is 5.73 Å². The van der Waals surface area contributed by atoms with Crippen molar-refractivity contribution in [2.75, 3.05) is 5.73 Å². The maximum atomic E-state index is 5.77. The molecular weight excluding hydrogens is 254 g/mol. The third-order valence-corrected chi connectivity index (χ3v) is 3.92. The molecule has 1 aromatic carbocycles. The molecule has 0 aliphatic rings. The highest BCUT2D eigenvalue weighted by Crippen LogP contribution is 2.24. The van der Waals surface area contributed by atoms with E-state index in [0.29, 0.717) is 0 Å². The van der Waals surface area contributed by atoms with Crippen LogP contribution in [0.5, 0.6) is 0 Å². The topological polar surface area (TPSA) is 43.3 Å². The summed E-state index contributed by atoms with van der Waals surface area (Å²) in [6.45, 7) is 2.08. The van der Waals surface area contributed by atoms with Crippen LogP contribution in [0.25, 0.3) is 5.65 Å². The van der Waals surface area contributed by atoms with Gasteiger partial charge in [-0.3, -0.25) is 0 Å². The number of aromatic nitrogens is 2. The maximum absolute atomic E-state index is 5.77. The number of anilines is 1. The molecule has 0 aliphatic heterocycles. The normalized spacial score (nSPS) is 11.0. The summed E-state index contributed by atoms with van der Waals surface area (Å²) < 4.78 is 2.07. The molecule has 19 heavy (non-hydrogen) atoms. The Kier molecular flexibility index (Phi) is 3.17. The smallest absolute Gasteiger partial charge is 0.137 e. The molecule has 0 aliphatic carbocycles. The maximum Gasteiger partial charge on any atom is 0.137 e. The number of benzene rings is 1. The lowest BCUT2D eigenvalue weighted by Gasteiger charge is -2.00. The number of nitrogen functional groups attached to an aromatic ring is 1. The molecule has 96 valence electrons. The molecule has 3 nitrogen and oxygen atoms in total. The van der Waals surface area contributed by atoms with Crippen molar-refractivity contribution in [2.24, 2.45) is 0 Å². The molecule has 0 bridgehead atoms. The van der Waals surface area contributed by atoms with Crippen LogP contribution in [0.3, 0.4) is 0 Å². The van der Waals surface area contributed by atoms with E-state index in [1.165, 1.54) is 10.5 Å². The zero-order valence-corrected chi connectivity index (χ0v) is 11.5. The van der Waals surface area contributed by atoms with Crippen molar-refractivity contribution in [1.29, 1.82) is 0 Å². The summed E-state index contributed by atoms with van der Waals surface area (Å²) >= 11 is 1.75. The standard InChI is InChI=1S/C15H15N3S/c1-11-5-6-15-17-13(9-18(15)8-11)10-19-14-4-2-3-12(16)7-14/h2-9H,10,16H2,1H3. The highest BCUT2D eigenvalue weighted by atomic mass is 32.2. The van der Waals surface area contributed by atoms with Gasteiger partial charge in [-0.25, -0.2) is 4.98 Å². The Morgan fingerprint density at radius 3 is 2.95 bits per heavy atom. The van der Waals surface area contributed by atoms with Crippen molar-refractivity contribution >= 4 is 23.1 Å². The van der Waals surface area contributed by atoms with Gasteiger partial charge in [-0.15, -0.1) is 11.8 Å². The van der Waals surface area contributed by atoms with Crippen molar-refractivity contribution in [3.05, 3.63) is 60.0 Å². The fraction of sp³-hybridized carbons (Fsp3) is 0.133. The first-order chi connectivity index (χ1) is 9.20. The van der Waals surface area contributed by atoms with E-state index in [9.17, 15) is 0 Å². The van der Waals surface area contributed by atoms with Crippen molar-refractivity contribution in [1.82, 2.24) is 9.38 Å². The molecule has 0 radical (unpaired) electrons. The first kappa shape index (κ1) is 12.1. The van der Waals surface area contributed by atoms with Gasteiger partial charge in [0.1, 0.15) is 5.65 Å². The SMILES string of the molecule is Cc1ccc2nc(CSc3cccc(N)c3)cn2c1. The number of thioether (sulfide) groups is 1. The van der Waals surface area contributed by atoms with E-state index < -0.39 is 0 Å². The molecule has 0 spiro atoms. The highest BCUT2D eigenvalue weighted by Gasteiger charge is 2.03. The van der Waals surface area contributed by atoms with Gasteiger partial charge in [0, 0.05) is 28.7 Å². The second-order valence-electron chi connectivity index (χ2n) is 4.57. The lowest BCUT2D eigenvalue weighted by Crippen LogP contribution is -1.84. The van der Waals surface area contributed by atoms with Crippen molar-refractivity contribution < 1.29 is 0 Å². The molecule has 0 unspecified atom stereocenters. The lowest BCUT2D eigenvalue weighted by molar-refractivity contribution is 1.15. The first-order valence-electron chi connectivity index (χ1n) is 6.13. The third-order valence-electron chi connectivity index (χ3n) is 2.89. The molecular formula is C15H15N3S. The van der Waals surface area contributed by atoms with Crippen LogP contribution in [0.1, 0.15) is 11.3 Å². The van der Waals surface area contributed by atoms with Crippen LogP contribution in [0.15, 0.2) is 53.7 Å². The Morgan fingerprint density at radius 1 is 1.21 bits per heavy atom. The Bertz CT molecular complexity index is 718. The van der Waals surface area contributed by atoms with Gasteiger partial charge in [-0.05, 0) is 36.8 Å². The predicted molar refractivity (Wildman–Crippen MR) is 80.3 cm³/mol. The average molecular weight is 269 g/mol. The summed E-state index contributed by atoms with van der Waals surface area (Å²) in [5.74, 6) is 0.851. The first-order valence-corrected chi connectivity index (χ1v) is 7.12. The molecule has 4 heteroatoms. The van der Waals surface area contributed by atoms with E-state index in [1.54, 1.807) is 11.8 Å². The minimum atomic E-state index is 0.802. The quantitative estimate of drug-likeness (QED) is 0.584. The number of nitrogens with zero attached hydrogens (tertiary/aromatic N) is 2. The summed E-state index contributed by atoms with van der Waals surface area (Å²) in [5.41, 5.74) is 9.89. The molecule has 0 atom stereocenters. The Hall–Kier alpha value is -1.94. The van der Waals surface area contributed by atoms with Crippen LogP contribution in [0.4, 0.5) is 5.69 Å². The summed E-state index contributed by atoms with van der Waals surface area (Å²) in [7, 11) is 0. The van der Waals surface area contributed by atoms with Gasteiger partial charge in [-0.2, -0.15) is 0 Å². The number of fused-ring (bicyclic) bond motifs is 1. The highest BCUT2D eigenvalue weighted by molar-refractivity contribution is 7.98. The van der Waals surface area contributed by atoms with Crippen LogP contribution in [-0.4, -0.2) is 9.38 Å². The van der Waals surface area contributed by atoms with Gasteiger partial charge in [-0.1, -0.05) is 12.1 Å². The van der Waals surface area contributed by atoms with Gasteiger partial charge >= 0.3 is 0 Å². The molecule has 0 saturated carbocycles. The summed E-state index contributed by atoms with van der Waals surface area (Å²) in [6.07, 6.45) is 4.18. The molecule has 2 heterocycles. The second kappa shape index (κ2) is 4.97. The van der Waals surface area contributed by atoms with E-state index in [2.05, 4.69) is 40.8 Å². The number of hydrogen-bond donors (Lipinski definition) is 1. The van der Waals surface area contributed by atoms with Crippen LogP contribution in [-0.2, 0) is 5.75 Å². The van der Waals surface area contributed by atoms with Crippen LogP contribution in [0, 0.1) is 6.92 Å². The van der Waals surface area contributed by atoms with Gasteiger partial charge < -0.3 is 10.1 Å². The zero-order chi connectivity index (χ0) is 13.2. The number of rotatable bonds is 3. The molecule has 3 aromatic rings. The number of imidazole rings is 1. The van der Waals surface area contributed by atoms with Gasteiger partial charge in [0.25, 0.3) is 0 Å². The number of pyridine rings is 1. The van der Waals surface area contributed by atoms with Crippen molar-refractivity contribution in [3.63, 3.8) is 0 Å². The summed E-state index contributed by atoms with van der Waals surface area (Å²) in [5, 5.41) is 0. The summed E-state index contributed by atoms with van der Waals surface area (Å²) in [6, 6.07) is 12.1. The Morgan fingerprint density at radius 2 is 2.11 bits per heavy atom. The largest absolute Gasteiger partial charge is 0.399 e. The number of aryl methyl sites for hydroxylation is 1. The molecule has 2 N–H and O–H groups in total. The van der Waals surface area contributed by atoms with Crippen LogP contribution in [0.2, 0.25) is 0 Å². The van der Waals surface area contributed by atoms with Gasteiger partial charge in [0.2, 0.25) is 0 Å². The van der Waals surface area contributed by atoms with Crippen molar-refractivity contribution in [2.45, 2.75) is 17.6 Å². The zero-order valence-electron chi connectivity index (χ0n) is 10.7. The van der Waals surface area contributed by atoms with Gasteiger partial charge in [0.15, 0.2) is 0 Å². The Labute approximate surface area is 116 Å². The minimum absolute atomic E-state index is 0.802. The lowest BCUT2D eigenvalue weighted by atomic mass is 10.3. The molecule has 0 saturated heterocycles. The van der Waals surface area contributed by atoms with Crippen LogP contribution >= 0.6 is 11.8 Å². The second-order valence-corrected chi connectivity index (χ2v) is 5.61. The molecule has 0 fully saturated rings. The van der Waals surface area contributed by atoms with E-state index >= 15 is 0 Å². The predicted octanol–water partition coefficient (Wildman–Crippen LogP) is 3.52. The monoisotopic (exact) mass is 269 g/mol. The van der Waals surface area contributed by atoms with Crippen LogP contribution < -0.4 is 5.73 Å². The molecule has 3 rings (SSSR count).